The van der Waals surface area contributed by atoms with Gasteiger partial charge in [0, 0.05) is 51.3 Å². The second-order valence-corrected chi connectivity index (χ2v) is 23.1. The third kappa shape index (κ3) is 8.86. The third-order valence-corrected chi connectivity index (χ3v) is 15.4. The van der Waals surface area contributed by atoms with Crippen LogP contribution >= 0.6 is 0 Å². The molecule has 0 saturated heterocycles. The molecule has 0 radical (unpaired) electrons. The van der Waals surface area contributed by atoms with E-state index >= 15 is 0 Å². The lowest BCUT2D eigenvalue weighted by atomic mass is 9.77. The first-order chi connectivity index (χ1) is 34.9. The van der Waals surface area contributed by atoms with Gasteiger partial charge >= 0.3 is 0 Å². The van der Waals surface area contributed by atoms with Crippen LogP contribution in [0.25, 0.3) is 38.8 Å². The summed E-state index contributed by atoms with van der Waals surface area (Å²) < 4.78 is 9.26. The van der Waals surface area contributed by atoms with Gasteiger partial charge in [0.05, 0.1) is 22.4 Å². The molecule has 364 valence electrons. The van der Waals surface area contributed by atoms with Crippen LogP contribution in [0, 0.1) is 0 Å². The van der Waals surface area contributed by atoms with Crippen molar-refractivity contribution in [2.75, 3.05) is 16.5 Å². The monoisotopic (exact) mass is 955 g/mol. The SMILES string of the molecule is CC(C)(C)c1ccc2c(c1)N(c1cc(-c3ccccc3)cc(C(C)(C)c3ccccc3)c1)CN2c1cccc(Oc2ccc3c4ccc(C(C)(C)C)cc4n(-c4cc(C(C)(C)c5ccccc5)ccn4)c3c2)c1. The van der Waals surface area contributed by atoms with Crippen molar-refractivity contribution in [1.82, 2.24) is 9.55 Å². The molecular weight excluding hydrogens is 889 g/mol. The number of benzene rings is 8. The quantitative estimate of drug-likeness (QED) is 0.137. The lowest BCUT2D eigenvalue weighted by molar-refractivity contribution is 0.483. The van der Waals surface area contributed by atoms with Crippen LogP contribution < -0.4 is 14.5 Å². The summed E-state index contributed by atoms with van der Waals surface area (Å²) in [5, 5.41) is 2.34. The van der Waals surface area contributed by atoms with E-state index in [-0.39, 0.29) is 21.7 Å². The zero-order chi connectivity index (χ0) is 50.9. The average molecular weight is 955 g/mol. The first-order valence-electron chi connectivity index (χ1n) is 25.8. The van der Waals surface area contributed by atoms with Crippen LogP contribution in [-0.4, -0.2) is 16.2 Å². The minimum absolute atomic E-state index is 0.0322. The lowest BCUT2D eigenvalue weighted by Gasteiger charge is -2.30. The molecule has 8 aromatic carbocycles. The van der Waals surface area contributed by atoms with E-state index in [1.54, 1.807) is 0 Å². The molecule has 0 saturated carbocycles. The molecule has 1 aliphatic heterocycles. The maximum Gasteiger partial charge on any atom is 0.137 e. The van der Waals surface area contributed by atoms with Crippen molar-refractivity contribution in [3.8, 4) is 28.4 Å². The van der Waals surface area contributed by atoms with Crippen LogP contribution in [0.4, 0.5) is 22.7 Å². The molecule has 0 unspecified atom stereocenters. The molecule has 10 aromatic rings. The van der Waals surface area contributed by atoms with Crippen molar-refractivity contribution in [2.45, 2.75) is 90.9 Å². The molecular formula is C68H66N4O. The Labute approximate surface area is 432 Å². The molecule has 5 nitrogen and oxygen atoms in total. The van der Waals surface area contributed by atoms with Gasteiger partial charge in [0.1, 0.15) is 24.0 Å². The predicted molar refractivity (Wildman–Crippen MR) is 307 cm³/mol. The summed E-state index contributed by atoms with van der Waals surface area (Å²) in [4.78, 5) is 10.0. The second-order valence-electron chi connectivity index (χ2n) is 23.1. The molecule has 73 heavy (non-hydrogen) atoms. The van der Waals surface area contributed by atoms with Gasteiger partial charge in [-0.25, -0.2) is 4.98 Å². The summed E-state index contributed by atoms with van der Waals surface area (Å²) in [6.45, 7) is 23.6. The Morgan fingerprint density at radius 1 is 0.384 bits per heavy atom. The van der Waals surface area contributed by atoms with Crippen molar-refractivity contribution in [1.29, 1.82) is 0 Å². The molecule has 0 amide bonds. The molecule has 0 aliphatic carbocycles. The Balaban J connectivity index is 0.990. The van der Waals surface area contributed by atoms with Crippen molar-refractivity contribution in [2.24, 2.45) is 0 Å². The molecule has 0 atom stereocenters. The maximum atomic E-state index is 6.94. The number of anilines is 4. The lowest BCUT2D eigenvalue weighted by Crippen LogP contribution is -2.25. The standard InChI is InChI=1S/C68H66N4O/c1-65(2,3)50-29-32-58-59-33-31-57(44-62(59)72(61(58)40-50)64-42-52(35-36-69-64)67(7,8)48-23-16-12-17-24-48)73-56-28-20-27-54(43-56)70-45-71(63-41-51(66(4,5)6)30-34-60(63)70)55-38-47(46-21-14-11-15-22-46)37-53(39-55)68(9,10)49-25-18-13-19-26-49/h11-44H,45H2,1-10H3. The highest BCUT2D eigenvalue weighted by Gasteiger charge is 2.33. The maximum absolute atomic E-state index is 6.94. The Morgan fingerprint density at radius 2 is 0.959 bits per heavy atom. The van der Waals surface area contributed by atoms with Crippen molar-refractivity contribution < 1.29 is 4.74 Å². The van der Waals surface area contributed by atoms with Crippen LogP contribution in [-0.2, 0) is 21.7 Å². The highest BCUT2D eigenvalue weighted by molar-refractivity contribution is 6.09. The Kier molecular flexibility index (Phi) is 11.7. The number of hydrogen-bond acceptors (Lipinski definition) is 4. The molecule has 0 fully saturated rings. The molecule has 0 spiro atoms. The smallest absolute Gasteiger partial charge is 0.137 e. The Morgan fingerprint density at radius 3 is 1.63 bits per heavy atom. The normalized spacial score (nSPS) is 13.2. The summed E-state index contributed by atoms with van der Waals surface area (Å²) >= 11 is 0. The summed E-state index contributed by atoms with van der Waals surface area (Å²) in [6, 6.07) is 72.9. The zero-order valence-corrected chi connectivity index (χ0v) is 44.0. The number of ether oxygens (including phenoxy) is 1. The average Bonchev–Trinajstić information content (AvgIpc) is 3.94. The molecule has 3 heterocycles. The van der Waals surface area contributed by atoms with E-state index in [0.29, 0.717) is 6.67 Å². The molecule has 2 aromatic heterocycles. The fourth-order valence-corrected chi connectivity index (χ4v) is 10.7. The van der Waals surface area contributed by atoms with Gasteiger partial charge < -0.3 is 14.5 Å². The van der Waals surface area contributed by atoms with Gasteiger partial charge in [0.15, 0.2) is 0 Å². The molecule has 0 N–H and O–H groups in total. The van der Waals surface area contributed by atoms with Gasteiger partial charge in [0.25, 0.3) is 0 Å². The number of nitrogens with zero attached hydrogens (tertiary/aromatic N) is 4. The predicted octanol–water partition coefficient (Wildman–Crippen LogP) is 18.1. The van der Waals surface area contributed by atoms with Gasteiger partial charge in [-0.3, -0.25) is 4.57 Å². The van der Waals surface area contributed by atoms with Crippen molar-refractivity contribution in [3.63, 3.8) is 0 Å². The summed E-state index contributed by atoms with van der Waals surface area (Å²) in [5.41, 5.74) is 16.2. The first kappa shape index (κ1) is 47.4. The van der Waals surface area contributed by atoms with Crippen LogP contribution in [0.15, 0.2) is 206 Å². The third-order valence-electron chi connectivity index (χ3n) is 15.4. The fraction of sp³-hybridized carbons (Fsp3) is 0.221. The van der Waals surface area contributed by atoms with Gasteiger partial charge in [-0.05, 0) is 122 Å². The van der Waals surface area contributed by atoms with E-state index in [0.717, 1.165) is 50.8 Å². The van der Waals surface area contributed by atoms with E-state index in [1.807, 2.05) is 6.20 Å². The zero-order valence-electron chi connectivity index (χ0n) is 44.0. The van der Waals surface area contributed by atoms with E-state index in [9.17, 15) is 0 Å². The van der Waals surface area contributed by atoms with Crippen molar-refractivity contribution in [3.05, 3.63) is 240 Å². The van der Waals surface area contributed by atoms with Gasteiger partial charge in [-0.15, -0.1) is 0 Å². The highest BCUT2D eigenvalue weighted by Crippen LogP contribution is 2.49. The van der Waals surface area contributed by atoms with Crippen LogP contribution in [0.1, 0.15) is 103 Å². The molecule has 0 bridgehead atoms. The summed E-state index contributed by atoms with van der Waals surface area (Å²) in [5.74, 6) is 2.40. The minimum atomic E-state index is -0.242. The molecule has 5 heteroatoms. The topological polar surface area (TPSA) is 33.5 Å². The van der Waals surface area contributed by atoms with Crippen molar-refractivity contribution >= 4 is 44.6 Å². The van der Waals surface area contributed by atoms with Crippen LogP contribution in [0.2, 0.25) is 0 Å². The molecule has 11 rings (SSSR count). The fourth-order valence-electron chi connectivity index (χ4n) is 10.7. The largest absolute Gasteiger partial charge is 0.457 e. The number of rotatable bonds is 10. The van der Waals surface area contributed by atoms with E-state index in [1.165, 1.54) is 55.6 Å². The van der Waals surface area contributed by atoms with Crippen LogP contribution in [0.3, 0.4) is 0 Å². The van der Waals surface area contributed by atoms with E-state index < -0.39 is 0 Å². The van der Waals surface area contributed by atoms with Gasteiger partial charge in [0.2, 0.25) is 0 Å². The van der Waals surface area contributed by atoms with E-state index in [2.05, 4.69) is 284 Å². The van der Waals surface area contributed by atoms with Gasteiger partial charge in [-0.2, -0.15) is 0 Å². The highest BCUT2D eigenvalue weighted by atomic mass is 16.5. The minimum Gasteiger partial charge on any atom is -0.457 e. The number of aromatic nitrogens is 2. The molecule has 1 aliphatic rings. The Bertz CT molecular complexity index is 3650. The number of hydrogen-bond donors (Lipinski definition) is 0. The number of fused-ring (bicyclic) bond motifs is 4. The number of pyridine rings is 1. The second kappa shape index (κ2) is 18.0. The Hall–Kier alpha value is -7.89. The summed E-state index contributed by atoms with van der Waals surface area (Å²) in [6.07, 6.45) is 1.96. The summed E-state index contributed by atoms with van der Waals surface area (Å²) in [7, 11) is 0. The van der Waals surface area contributed by atoms with E-state index in [4.69, 9.17) is 9.72 Å². The first-order valence-corrected chi connectivity index (χ1v) is 25.8. The van der Waals surface area contributed by atoms with Crippen LogP contribution in [0.5, 0.6) is 11.5 Å². The van der Waals surface area contributed by atoms with Gasteiger partial charge in [-0.1, -0.05) is 191 Å².